The van der Waals surface area contributed by atoms with E-state index in [1.807, 2.05) is 54.6 Å². The molecule has 1 unspecified atom stereocenters. The molecule has 1 aromatic heterocycles. The predicted molar refractivity (Wildman–Crippen MR) is 93.2 cm³/mol. The molecule has 1 atom stereocenters. The molecule has 0 aliphatic rings. The zero-order valence-electron chi connectivity index (χ0n) is 12.3. The number of hydrogen-bond donors (Lipinski definition) is 1. The van der Waals surface area contributed by atoms with Crippen molar-refractivity contribution in [2.24, 2.45) is 0 Å². The molecule has 0 saturated carbocycles. The predicted octanol–water partition coefficient (Wildman–Crippen LogP) is 4.35. The van der Waals surface area contributed by atoms with E-state index in [0.717, 1.165) is 16.7 Å². The van der Waals surface area contributed by atoms with Gasteiger partial charge in [0.25, 0.3) is 0 Å². The van der Waals surface area contributed by atoms with Crippen molar-refractivity contribution in [2.45, 2.75) is 12.5 Å². The first-order valence-corrected chi connectivity index (χ1v) is 8.04. The zero-order valence-corrected chi connectivity index (χ0v) is 13.9. The number of halogens is 1. The van der Waals surface area contributed by atoms with Gasteiger partial charge in [0.15, 0.2) is 0 Å². The molecule has 0 saturated heterocycles. The average Bonchev–Trinajstić information content (AvgIpc) is 2.55. The standard InChI is InChI=1S/C19H15BrO3/c20-16-10-17(23-19(22)11-16)12-18(21)15-8-6-14(7-9-15)13-4-2-1-3-5-13/h1-11,18,21H,12H2. The van der Waals surface area contributed by atoms with E-state index < -0.39 is 11.7 Å². The Morgan fingerprint density at radius 3 is 2.26 bits per heavy atom. The SMILES string of the molecule is O=c1cc(Br)cc(CC(O)c2ccc(-c3ccccc3)cc2)o1. The summed E-state index contributed by atoms with van der Waals surface area (Å²) in [6.45, 7) is 0. The quantitative estimate of drug-likeness (QED) is 0.742. The smallest absolute Gasteiger partial charge is 0.336 e. The summed E-state index contributed by atoms with van der Waals surface area (Å²) in [4.78, 5) is 11.4. The molecule has 0 bridgehead atoms. The lowest BCUT2D eigenvalue weighted by atomic mass is 10.00. The summed E-state index contributed by atoms with van der Waals surface area (Å²) >= 11 is 3.25. The fourth-order valence-corrected chi connectivity index (χ4v) is 2.88. The first-order chi connectivity index (χ1) is 11.1. The molecule has 0 aliphatic heterocycles. The molecule has 0 radical (unpaired) electrons. The van der Waals surface area contributed by atoms with Crippen molar-refractivity contribution in [3.8, 4) is 11.1 Å². The summed E-state index contributed by atoms with van der Waals surface area (Å²) in [5, 5.41) is 10.3. The van der Waals surface area contributed by atoms with Gasteiger partial charge < -0.3 is 9.52 Å². The molecule has 23 heavy (non-hydrogen) atoms. The Labute approximate surface area is 142 Å². The van der Waals surface area contributed by atoms with Crippen molar-refractivity contribution in [1.82, 2.24) is 0 Å². The molecule has 0 amide bonds. The molecule has 2 aromatic carbocycles. The lowest BCUT2D eigenvalue weighted by Crippen LogP contribution is -2.05. The molecule has 4 heteroatoms. The van der Waals surface area contributed by atoms with Crippen LogP contribution in [0.4, 0.5) is 0 Å². The van der Waals surface area contributed by atoms with Crippen molar-refractivity contribution in [2.75, 3.05) is 0 Å². The van der Waals surface area contributed by atoms with E-state index in [2.05, 4.69) is 15.9 Å². The van der Waals surface area contributed by atoms with Gasteiger partial charge >= 0.3 is 5.63 Å². The minimum atomic E-state index is -0.725. The normalized spacial score (nSPS) is 12.1. The number of hydrogen-bond acceptors (Lipinski definition) is 3. The van der Waals surface area contributed by atoms with Crippen LogP contribution in [0.5, 0.6) is 0 Å². The molecule has 3 aromatic rings. The third kappa shape index (κ3) is 3.97. The Morgan fingerprint density at radius 1 is 0.957 bits per heavy atom. The average molecular weight is 371 g/mol. The second-order valence-electron chi connectivity index (χ2n) is 5.27. The lowest BCUT2D eigenvalue weighted by molar-refractivity contribution is 0.169. The van der Waals surface area contributed by atoms with Crippen LogP contribution in [-0.2, 0) is 6.42 Å². The van der Waals surface area contributed by atoms with Crippen molar-refractivity contribution >= 4 is 15.9 Å². The second-order valence-corrected chi connectivity index (χ2v) is 6.18. The van der Waals surface area contributed by atoms with E-state index in [0.29, 0.717) is 10.2 Å². The van der Waals surface area contributed by atoms with Crippen LogP contribution in [0.1, 0.15) is 17.4 Å². The molecular weight excluding hydrogens is 356 g/mol. The van der Waals surface area contributed by atoms with Crippen LogP contribution in [0, 0.1) is 0 Å². The fraction of sp³-hybridized carbons (Fsp3) is 0.105. The van der Waals surface area contributed by atoms with Gasteiger partial charge in [-0.05, 0) is 22.8 Å². The van der Waals surface area contributed by atoms with Crippen LogP contribution in [0.2, 0.25) is 0 Å². The third-order valence-corrected chi connectivity index (χ3v) is 4.04. The van der Waals surface area contributed by atoms with Gasteiger partial charge in [0.05, 0.1) is 6.10 Å². The van der Waals surface area contributed by atoms with Gasteiger partial charge in [0.1, 0.15) is 5.76 Å². The van der Waals surface area contributed by atoms with E-state index in [-0.39, 0.29) is 6.42 Å². The van der Waals surface area contributed by atoms with Crippen LogP contribution in [-0.4, -0.2) is 5.11 Å². The molecule has 3 nitrogen and oxygen atoms in total. The van der Waals surface area contributed by atoms with Crippen LogP contribution in [0.3, 0.4) is 0 Å². The van der Waals surface area contributed by atoms with Crippen molar-refractivity contribution in [1.29, 1.82) is 0 Å². The maximum Gasteiger partial charge on any atom is 0.336 e. The van der Waals surface area contributed by atoms with Crippen molar-refractivity contribution in [3.05, 3.63) is 92.9 Å². The van der Waals surface area contributed by atoms with E-state index in [1.54, 1.807) is 6.07 Å². The Kier molecular flexibility index (Phi) is 4.74. The Balaban J connectivity index is 1.77. The van der Waals surface area contributed by atoms with E-state index in [4.69, 9.17) is 4.42 Å². The molecule has 1 heterocycles. The monoisotopic (exact) mass is 370 g/mol. The summed E-state index contributed by atoms with van der Waals surface area (Å²) in [7, 11) is 0. The topological polar surface area (TPSA) is 50.4 Å². The summed E-state index contributed by atoms with van der Waals surface area (Å²) in [5.74, 6) is 0.448. The zero-order chi connectivity index (χ0) is 16.2. The van der Waals surface area contributed by atoms with Gasteiger partial charge in [0.2, 0.25) is 0 Å². The van der Waals surface area contributed by atoms with Crippen molar-refractivity contribution in [3.63, 3.8) is 0 Å². The summed E-state index contributed by atoms with van der Waals surface area (Å²) in [6, 6.07) is 20.8. The first kappa shape index (κ1) is 15.7. The molecule has 116 valence electrons. The first-order valence-electron chi connectivity index (χ1n) is 7.25. The van der Waals surface area contributed by atoms with Gasteiger partial charge in [-0.1, -0.05) is 70.5 Å². The molecule has 1 N–H and O–H groups in total. The second kappa shape index (κ2) is 6.94. The van der Waals surface area contributed by atoms with E-state index in [9.17, 15) is 9.90 Å². The van der Waals surface area contributed by atoms with Gasteiger partial charge in [0, 0.05) is 17.0 Å². The highest BCUT2D eigenvalue weighted by molar-refractivity contribution is 9.10. The Hall–Kier alpha value is -2.17. The van der Waals surface area contributed by atoms with E-state index >= 15 is 0 Å². The minimum absolute atomic E-state index is 0.249. The highest BCUT2D eigenvalue weighted by atomic mass is 79.9. The molecule has 0 fully saturated rings. The number of benzene rings is 2. The lowest BCUT2D eigenvalue weighted by Gasteiger charge is -2.11. The number of aliphatic hydroxyl groups is 1. The van der Waals surface area contributed by atoms with Gasteiger partial charge in [-0.15, -0.1) is 0 Å². The highest BCUT2D eigenvalue weighted by Crippen LogP contribution is 2.24. The molecule has 3 rings (SSSR count). The van der Waals surface area contributed by atoms with Crippen LogP contribution in [0.15, 0.2) is 80.4 Å². The van der Waals surface area contributed by atoms with Crippen LogP contribution < -0.4 is 5.63 Å². The number of aliphatic hydroxyl groups excluding tert-OH is 1. The van der Waals surface area contributed by atoms with Gasteiger partial charge in [-0.2, -0.15) is 0 Å². The maximum absolute atomic E-state index is 11.4. The summed E-state index contributed by atoms with van der Waals surface area (Å²) in [6.07, 6.45) is -0.475. The Bertz CT molecular complexity index is 838. The van der Waals surface area contributed by atoms with Crippen LogP contribution in [0.25, 0.3) is 11.1 Å². The van der Waals surface area contributed by atoms with Crippen LogP contribution >= 0.6 is 15.9 Å². The van der Waals surface area contributed by atoms with Crippen molar-refractivity contribution < 1.29 is 9.52 Å². The molecule has 0 aliphatic carbocycles. The van der Waals surface area contributed by atoms with E-state index in [1.165, 1.54) is 6.07 Å². The fourth-order valence-electron chi connectivity index (χ4n) is 2.43. The minimum Gasteiger partial charge on any atom is -0.428 e. The van der Waals surface area contributed by atoms with Gasteiger partial charge in [-0.3, -0.25) is 0 Å². The summed E-state index contributed by atoms with van der Waals surface area (Å²) < 4.78 is 5.75. The highest BCUT2D eigenvalue weighted by Gasteiger charge is 2.11. The number of rotatable bonds is 4. The van der Waals surface area contributed by atoms with Gasteiger partial charge in [-0.25, -0.2) is 4.79 Å². The molecule has 0 spiro atoms. The molecular formula is C19H15BrO3. The third-order valence-electron chi connectivity index (χ3n) is 3.58. The Morgan fingerprint density at radius 2 is 1.61 bits per heavy atom. The summed E-state index contributed by atoms with van der Waals surface area (Å²) in [5.41, 5.74) is 2.58. The largest absolute Gasteiger partial charge is 0.428 e. The maximum atomic E-state index is 11.4.